The summed E-state index contributed by atoms with van der Waals surface area (Å²) in [5.74, 6) is 0. The van der Waals surface area contributed by atoms with Gasteiger partial charge in [0.05, 0.1) is 20.3 Å². The Labute approximate surface area is 131 Å². The predicted octanol–water partition coefficient (Wildman–Crippen LogP) is 2.09. The number of nitrogens with one attached hydrogen (secondary N) is 2. The second-order valence-electron chi connectivity index (χ2n) is 4.26. The van der Waals surface area contributed by atoms with Gasteiger partial charge >= 0.3 is 0 Å². The number of carbonyl (C=O) groups is 1. The normalized spacial score (nSPS) is 19.9. The number of hydrogen-bond donors (Lipinski definition) is 2. The van der Waals surface area contributed by atoms with E-state index in [0.717, 1.165) is 6.29 Å². The van der Waals surface area contributed by atoms with E-state index in [2.05, 4.69) is 20.6 Å². The van der Waals surface area contributed by atoms with E-state index in [0.29, 0.717) is 13.2 Å². The van der Waals surface area contributed by atoms with Gasteiger partial charge in [-0.3, -0.25) is 9.68 Å². The van der Waals surface area contributed by atoms with E-state index in [4.69, 9.17) is 9.05 Å². The molecule has 0 aromatic carbocycles. The van der Waals surface area contributed by atoms with Crippen molar-refractivity contribution in [2.24, 2.45) is 5.41 Å². The van der Waals surface area contributed by atoms with Gasteiger partial charge in [-0.15, -0.1) is 0 Å². The molecule has 7 nitrogen and oxygen atoms in total. The van der Waals surface area contributed by atoms with Gasteiger partial charge in [-0.2, -0.15) is 0 Å². The van der Waals surface area contributed by atoms with Gasteiger partial charge in [0.15, 0.2) is 9.03 Å². The lowest BCUT2D eigenvalue weighted by Crippen LogP contribution is -2.37. The van der Waals surface area contributed by atoms with Crippen LogP contribution in [0.15, 0.2) is 0 Å². The third-order valence-electron chi connectivity index (χ3n) is 1.86. The molecule has 2 atom stereocenters. The lowest BCUT2D eigenvalue weighted by molar-refractivity contribution is -0.147. The zero-order valence-corrected chi connectivity index (χ0v) is 15.6. The van der Waals surface area contributed by atoms with E-state index in [9.17, 15) is 4.79 Å². The van der Waals surface area contributed by atoms with Crippen molar-refractivity contribution < 1.29 is 23.5 Å². The van der Waals surface area contributed by atoms with Crippen LogP contribution < -0.4 is 11.0 Å². The molecule has 1 aliphatic heterocycles. The first-order chi connectivity index (χ1) is 9.99. The van der Waals surface area contributed by atoms with Crippen molar-refractivity contribution in [1.29, 1.82) is 0 Å². The van der Waals surface area contributed by atoms with E-state index in [1.807, 2.05) is 48.7 Å². The first-order valence-electron chi connectivity index (χ1n) is 6.96. The summed E-state index contributed by atoms with van der Waals surface area (Å²) in [5, 5.41) is 2.75. The molecule has 0 aromatic heterocycles. The Morgan fingerprint density at radius 1 is 1.38 bits per heavy atom. The number of rotatable bonds is 4. The van der Waals surface area contributed by atoms with Crippen LogP contribution in [0.5, 0.6) is 0 Å². The topological polar surface area (TPSA) is 78.1 Å². The summed E-state index contributed by atoms with van der Waals surface area (Å²) in [6.45, 7) is 11.0. The predicted molar refractivity (Wildman–Crippen MR) is 87.1 cm³/mol. The van der Waals surface area contributed by atoms with Gasteiger partial charge in [0, 0.05) is 5.41 Å². The van der Waals surface area contributed by atoms with Gasteiger partial charge in [-0.05, 0) is 21.0 Å². The zero-order valence-electron chi connectivity index (χ0n) is 14.6. The minimum atomic E-state index is -0.292. The molecule has 1 heterocycles. The fourth-order valence-corrected chi connectivity index (χ4v) is 1.85. The van der Waals surface area contributed by atoms with Gasteiger partial charge < -0.3 is 19.2 Å². The van der Waals surface area contributed by atoms with E-state index >= 15 is 0 Å². The van der Waals surface area contributed by atoms with Crippen molar-refractivity contribution in [1.82, 2.24) is 11.0 Å². The fourth-order valence-electron chi connectivity index (χ4n) is 0.873. The lowest BCUT2D eigenvalue weighted by atomic mass is 9.88. The molecule has 0 spiro atoms. The Balaban J connectivity index is -0.000000253. The standard InChI is InChI=1S/C6H11O3P.C3H9NO2.C2H7N.C2H6/c1-6(2)4-8-10-9-5(6)3-7;1-3-6-4-5-2;1-3-2;1-2/h3,5,10H,4H2,1-2H3;4H,3H2,1-2H3;3H,1-2H3;1-2H3. The summed E-state index contributed by atoms with van der Waals surface area (Å²) < 4.78 is 10.1. The molecular formula is C13H33N2O5P. The maximum absolute atomic E-state index is 10.4. The Morgan fingerprint density at radius 2 is 1.90 bits per heavy atom. The zero-order chi connectivity index (χ0) is 17.1. The highest BCUT2D eigenvalue weighted by Crippen LogP contribution is 2.35. The molecule has 130 valence electrons. The van der Waals surface area contributed by atoms with Gasteiger partial charge in [-0.1, -0.05) is 33.3 Å². The highest BCUT2D eigenvalue weighted by molar-refractivity contribution is 7.26. The van der Waals surface area contributed by atoms with E-state index in [-0.39, 0.29) is 20.6 Å². The van der Waals surface area contributed by atoms with Gasteiger partial charge in [-0.25, -0.2) is 0 Å². The van der Waals surface area contributed by atoms with Crippen molar-refractivity contribution in [3.63, 3.8) is 0 Å². The third-order valence-corrected chi connectivity index (χ3v) is 2.47. The van der Waals surface area contributed by atoms with Gasteiger partial charge in [0.25, 0.3) is 0 Å². The smallest absolute Gasteiger partial charge is 0.155 e. The molecule has 0 amide bonds. The highest BCUT2D eigenvalue weighted by atomic mass is 31.1. The summed E-state index contributed by atoms with van der Waals surface area (Å²) in [4.78, 5) is 19.2. The van der Waals surface area contributed by atoms with Crippen LogP contribution in [0.1, 0.15) is 34.6 Å². The van der Waals surface area contributed by atoms with Crippen molar-refractivity contribution in [2.75, 3.05) is 34.4 Å². The molecule has 0 saturated carbocycles. The first kappa shape index (κ1) is 25.8. The summed E-state index contributed by atoms with van der Waals surface area (Å²) in [5.41, 5.74) is 2.04. The minimum Gasteiger partial charge on any atom is -0.336 e. The highest BCUT2D eigenvalue weighted by Gasteiger charge is 2.34. The van der Waals surface area contributed by atoms with Crippen molar-refractivity contribution in [3.05, 3.63) is 0 Å². The SMILES string of the molecule is CC.CC1(C)COPOC1C=O.CCONOC.CNC. The van der Waals surface area contributed by atoms with Crippen LogP contribution in [0.4, 0.5) is 0 Å². The Kier molecular flexibility index (Phi) is 24.4. The molecule has 2 unspecified atom stereocenters. The molecular weight excluding hydrogens is 295 g/mol. The molecule has 0 aliphatic carbocycles. The largest absolute Gasteiger partial charge is 0.336 e. The molecule has 1 rings (SSSR count). The third kappa shape index (κ3) is 17.8. The van der Waals surface area contributed by atoms with Crippen LogP contribution in [-0.2, 0) is 23.5 Å². The summed E-state index contributed by atoms with van der Waals surface area (Å²) in [7, 11) is 5.27. The van der Waals surface area contributed by atoms with Crippen LogP contribution in [0.3, 0.4) is 0 Å². The number of hydrogen-bond acceptors (Lipinski definition) is 7. The summed E-state index contributed by atoms with van der Waals surface area (Å²) >= 11 is 0. The van der Waals surface area contributed by atoms with Gasteiger partial charge in [0.1, 0.15) is 12.4 Å². The van der Waals surface area contributed by atoms with Crippen LogP contribution in [0.2, 0.25) is 0 Å². The Hall–Kier alpha value is -0.140. The molecule has 1 saturated heterocycles. The molecule has 21 heavy (non-hydrogen) atoms. The minimum absolute atomic E-state index is 0.0243. The first-order valence-corrected chi connectivity index (χ1v) is 7.77. The number of carbonyl (C=O) groups excluding carboxylic acids is 1. The Morgan fingerprint density at radius 3 is 2.14 bits per heavy atom. The van der Waals surface area contributed by atoms with E-state index in [1.54, 1.807) is 0 Å². The molecule has 0 radical (unpaired) electrons. The quantitative estimate of drug-likeness (QED) is 0.354. The summed E-state index contributed by atoms with van der Waals surface area (Å²) in [6, 6.07) is 0. The van der Waals surface area contributed by atoms with Crippen molar-refractivity contribution >= 4 is 15.3 Å². The molecule has 1 fully saturated rings. The molecule has 2 N–H and O–H groups in total. The fraction of sp³-hybridized carbons (Fsp3) is 0.923. The van der Waals surface area contributed by atoms with E-state index < -0.39 is 0 Å². The number of aldehydes is 1. The van der Waals surface area contributed by atoms with Crippen LogP contribution in [-0.4, -0.2) is 46.8 Å². The average Bonchev–Trinajstić information content (AvgIpc) is 2.48. The Bertz CT molecular complexity index is 205. The van der Waals surface area contributed by atoms with Crippen LogP contribution in [0, 0.1) is 5.41 Å². The average molecular weight is 328 g/mol. The molecule has 1 aliphatic rings. The maximum atomic E-state index is 10.4. The van der Waals surface area contributed by atoms with Crippen LogP contribution in [0.25, 0.3) is 0 Å². The molecule has 0 bridgehead atoms. The molecule has 8 heteroatoms. The van der Waals surface area contributed by atoms with Gasteiger partial charge in [0.2, 0.25) is 0 Å². The monoisotopic (exact) mass is 328 g/mol. The second-order valence-corrected chi connectivity index (χ2v) is 4.95. The maximum Gasteiger partial charge on any atom is 0.155 e. The van der Waals surface area contributed by atoms with Crippen molar-refractivity contribution in [3.8, 4) is 0 Å². The lowest BCUT2D eigenvalue weighted by Gasteiger charge is -2.33. The molecule has 0 aromatic rings. The second kappa shape index (κ2) is 19.9. The summed E-state index contributed by atoms with van der Waals surface area (Å²) in [6.07, 6.45) is 0.551. The van der Waals surface area contributed by atoms with Crippen LogP contribution >= 0.6 is 9.03 Å². The van der Waals surface area contributed by atoms with E-state index in [1.165, 1.54) is 7.11 Å². The van der Waals surface area contributed by atoms with Crippen molar-refractivity contribution in [2.45, 2.75) is 40.7 Å².